The van der Waals surface area contributed by atoms with Gasteiger partial charge in [-0.2, -0.15) is 5.26 Å². The smallest absolute Gasteiger partial charge is 0.259 e. The van der Waals surface area contributed by atoms with E-state index >= 15 is 0 Å². The lowest BCUT2D eigenvalue weighted by atomic mass is 9.83. The average molecular weight is 262 g/mol. The molecule has 0 aromatic rings. The molecule has 1 aliphatic carbocycles. The van der Waals surface area contributed by atoms with E-state index in [1.54, 1.807) is 0 Å². The number of likely N-dealkylation sites (tertiary alicyclic amines) is 1. The van der Waals surface area contributed by atoms with Gasteiger partial charge in [-0.05, 0) is 31.6 Å². The van der Waals surface area contributed by atoms with Gasteiger partial charge in [0.15, 0.2) is 0 Å². The van der Waals surface area contributed by atoms with Crippen LogP contribution in [-0.4, -0.2) is 35.0 Å². The molecule has 0 spiro atoms. The summed E-state index contributed by atoms with van der Waals surface area (Å²) in [5.74, 6) is -0.448. The minimum absolute atomic E-state index is 0.143. The molecule has 5 nitrogen and oxygen atoms in total. The first-order chi connectivity index (χ1) is 9.22. The Balaban J connectivity index is 1.84. The second kappa shape index (κ2) is 4.93. The number of carbonyl (C=O) groups is 2. The van der Waals surface area contributed by atoms with Gasteiger partial charge in [-0.1, -0.05) is 19.3 Å². The Morgan fingerprint density at radius 2 is 1.63 bits per heavy atom. The van der Waals surface area contributed by atoms with Crippen LogP contribution in [0.3, 0.4) is 0 Å². The zero-order chi connectivity index (χ0) is 13.4. The maximum absolute atomic E-state index is 12.3. The molecule has 1 saturated carbocycles. The minimum Gasteiger partial charge on any atom is -0.355 e. The van der Waals surface area contributed by atoms with Crippen LogP contribution in [0.2, 0.25) is 0 Å². The van der Waals surface area contributed by atoms with Crippen molar-refractivity contribution in [3.63, 3.8) is 0 Å². The van der Waals surface area contributed by atoms with Gasteiger partial charge in [0, 0.05) is 0 Å². The van der Waals surface area contributed by atoms with Crippen molar-refractivity contribution in [1.82, 2.24) is 4.90 Å². The van der Waals surface area contributed by atoms with E-state index in [4.69, 9.17) is 4.74 Å². The fraction of sp³-hybridized carbons (Fsp3) is 0.786. The Morgan fingerprint density at radius 1 is 1.05 bits per heavy atom. The first kappa shape index (κ1) is 12.6. The summed E-state index contributed by atoms with van der Waals surface area (Å²) in [6.45, 7) is 0. The number of nitriles is 1. The number of hydrogen-bond donors (Lipinski definition) is 0. The molecule has 5 heteroatoms. The highest BCUT2D eigenvalue weighted by Crippen LogP contribution is 2.34. The molecule has 2 saturated heterocycles. The Kier molecular flexibility index (Phi) is 3.28. The van der Waals surface area contributed by atoms with Crippen molar-refractivity contribution in [2.24, 2.45) is 5.92 Å². The first-order valence-corrected chi connectivity index (χ1v) is 7.14. The lowest BCUT2D eigenvalue weighted by Crippen LogP contribution is -2.57. The highest BCUT2D eigenvalue weighted by molar-refractivity contribution is 6.03. The Labute approximate surface area is 112 Å². The summed E-state index contributed by atoms with van der Waals surface area (Å²) in [4.78, 5) is 25.8. The highest BCUT2D eigenvalue weighted by atomic mass is 16.5. The number of fused-ring (bicyclic) bond motifs is 2. The Bertz CT molecular complexity index is 414. The average Bonchev–Trinajstić information content (AvgIpc) is 2.89. The Morgan fingerprint density at radius 3 is 2.16 bits per heavy atom. The minimum atomic E-state index is -0.590. The summed E-state index contributed by atoms with van der Waals surface area (Å²) >= 11 is 0. The van der Waals surface area contributed by atoms with Crippen LogP contribution in [-0.2, 0) is 14.3 Å². The van der Waals surface area contributed by atoms with Crippen LogP contribution in [0.1, 0.15) is 44.9 Å². The molecule has 2 amide bonds. The number of hydrogen-bond acceptors (Lipinski definition) is 4. The summed E-state index contributed by atoms with van der Waals surface area (Å²) < 4.78 is 5.38. The van der Waals surface area contributed by atoms with E-state index in [1.165, 1.54) is 11.3 Å². The van der Waals surface area contributed by atoms with Gasteiger partial charge in [0.25, 0.3) is 11.8 Å². The maximum Gasteiger partial charge on any atom is 0.259 e. The monoisotopic (exact) mass is 262 g/mol. The van der Waals surface area contributed by atoms with Gasteiger partial charge in [0.05, 0.1) is 6.07 Å². The van der Waals surface area contributed by atoms with E-state index in [0.717, 1.165) is 25.7 Å². The summed E-state index contributed by atoms with van der Waals surface area (Å²) in [7, 11) is 0. The van der Waals surface area contributed by atoms with Crippen molar-refractivity contribution in [1.29, 1.82) is 5.26 Å². The number of nitrogens with zero attached hydrogens (tertiary/aromatic N) is 2. The zero-order valence-electron chi connectivity index (χ0n) is 10.9. The Hall–Kier alpha value is -1.41. The van der Waals surface area contributed by atoms with Gasteiger partial charge in [-0.25, -0.2) is 0 Å². The molecule has 0 N–H and O–H groups in total. The first-order valence-electron chi connectivity index (χ1n) is 7.14. The number of imide groups is 1. The van der Waals surface area contributed by atoms with Crippen LogP contribution < -0.4 is 0 Å². The summed E-state index contributed by atoms with van der Waals surface area (Å²) in [6, 6.07) is 1.61. The van der Waals surface area contributed by atoms with Crippen LogP contribution in [0.5, 0.6) is 0 Å². The molecular formula is C14H18N2O3. The predicted molar refractivity (Wildman–Crippen MR) is 65.7 cm³/mol. The fourth-order valence-electron chi connectivity index (χ4n) is 3.52. The quantitative estimate of drug-likeness (QED) is 0.705. The molecular weight excluding hydrogens is 244 g/mol. The third-order valence-corrected chi connectivity index (χ3v) is 4.55. The van der Waals surface area contributed by atoms with E-state index in [-0.39, 0.29) is 17.7 Å². The maximum atomic E-state index is 12.3. The van der Waals surface area contributed by atoms with E-state index in [0.29, 0.717) is 12.8 Å². The number of ether oxygens (including phenoxy) is 1. The van der Waals surface area contributed by atoms with Gasteiger partial charge in [-0.15, -0.1) is 0 Å². The molecule has 2 heterocycles. The van der Waals surface area contributed by atoms with Gasteiger partial charge in [-0.3, -0.25) is 14.5 Å². The lowest BCUT2D eigenvalue weighted by molar-refractivity contribution is -0.171. The highest BCUT2D eigenvalue weighted by Gasteiger charge is 2.50. The molecule has 3 unspecified atom stereocenters. The number of amides is 2. The van der Waals surface area contributed by atoms with E-state index in [9.17, 15) is 14.9 Å². The topological polar surface area (TPSA) is 70.4 Å². The molecule has 19 heavy (non-hydrogen) atoms. The van der Waals surface area contributed by atoms with Crippen molar-refractivity contribution in [3.8, 4) is 6.07 Å². The van der Waals surface area contributed by atoms with Gasteiger partial charge in [0.1, 0.15) is 18.2 Å². The largest absolute Gasteiger partial charge is 0.355 e. The lowest BCUT2D eigenvalue weighted by Gasteiger charge is -2.37. The molecule has 3 fully saturated rings. The molecule has 3 atom stereocenters. The molecule has 3 rings (SSSR count). The molecule has 0 radical (unpaired) electrons. The van der Waals surface area contributed by atoms with Crippen molar-refractivity contribution < 1.29 is 14.3 Å². The standard InChI is InChI=1S/C14H18N2O3/c15-8-10(9-4-2-1-3-5-9)16-13(17)11-6-7-12(19-11)14(16)18/h9-12H,1-7H2. The zero-order valence-corrected chi connectivity index (χ0v) is 10.9. The normalized spacial score (nSPS) is 33.3. The number of carbonyl (C=O) groups excluding carboxylic acids is 2. The van der Waals surface area contributed by atoms with Crippen LogP contribution in [0, 0.1) is 17.2 Å². The third-order valence-electron chi connectivity index (χ3n) is 4.55. The van der Waals surface area contributed by atoms with Crippen LogP contribution in [0.15, 0.2) is 0 Å². The van der Waals surface area contributed by atoms with E-state index in [1.807, 2.05) is 0 Å². The predicted octanol–water partition coefficient (Wildman–Crippen LogP) is 1.38. The molecule has 2 aliphatic heterocycles. The molecule has 0 aromatic carbocycles. The van der Waals surface area contributed by atoms with Gasteiger partial charge in [0.2, 0.25) is 0 Å². The van der Waals surface area contributed by atoms with Crippen LogP contribution in [0.25, 0.3) is 0 Å². The summed E-state index contributed by atoms with van der Waals surface area (Å²) in [5.41, 5.74) is 0. The SMILES string of the molecule is N#CC(C1CCCCC1)N1C(=O)C2CCC(O2)C1=O. The second-order valence-electron chi connectivity index (χ2n) is 5.71. The van der Waals surface area contributed by atoms with Gasteiger partial charge >= 0.3 is 0 Å². The number of morpholine rings is 1. The molecule has 2 bridgehead atoms. The van der Waals surface area contributed by atoms with Crippen LogP contribution >= 0.6 is 0 Å². The summed E-state index contributed by atoms with van der Waals surface area (Å²) in [6.07, 6.45) is 5.44. The second-order valence-corrected chi connectivity index (χ2v) is 5.71. The van der Waals surface area contributed by atoms with Crippen LogP contribution in [0.4, 0.5) is 0 Å². The fourth-order valence-corrected chi connectivity index (χ4v) is 3.52. The van der Waals surface area contributed by atoms with E-state index in [2.05, 4.69) is 6.07 Å². The molecule has 0 aromatic heterocycles. The van der Waals surface area contributed by atoms with E-state index < -0.39 is 18.2 Å². The molecule has 102 valence electrons. The number of rotatable bonds is 2. The molecule has 3 aliphatic rings. The summed E-state index contributed by atoms with van der Waals surface area (Å²) in [5, 5.41) is 9.42. The van der Waals surface area contributed by atoms with Crippen molar-refractivity contribution >= 4 is 11.8 Å². The third kappa shape index (κ3) is 2.04. The van der Waals surface area contributed by atoms with Gasteiger partial charge < -0.3 is 4.74 Å². The van der Waals surface area contributed by atoms with Crippen molar-refractivity contribution in [3.05, 3.63) is 0 Å². The van der Waals surface area contributed by atoms with Crippen molar-refractivity contribution in [2.45, 2.75) is 63.2 Å². The van der Waals surface area contributed by atoms with Crippen molar-refractivity contribution in [2.75, 3.05) is 0 Å².